The molecule has 6 nitrogen and oxygen atoms in total. The molecule has 3 aromatic rings. The molecular weight excluding hydrogens is 350 g/mol. The van der Waals surface area contributed by atoms with Crippen molar-refractivity contribution in [2.45, 2.75) is 26.2 Å². The van der Waals surface area contributed by atoms with Crippen molar-refractivity contribution in [3.8, 4) is 0 Å². The normalized spacial score (nSPS) is 12.2. The van der Waals surface area contributed by atoms with Crippen LogP contribution in [0.15, 0.2) is 54.6 Å². The van der Waals surface area contributed by atoms with Crippen LogP contribution in [0.3, 0.4) is 0 Å². The molecule has 7 heteroatoms. The number of aromatic nitrogens is 4. The van der Waals surface area contributed by atoms with Crippen LogP contribution in [-0.2, 0) is 30.9 Å². The van der Waals surface area contributed by atoms with Gasteiger partial charge in [-0.15, -0.1) is 5.10 Å². The summed E-state index contributed by atoms with van der Waals surface area (Å²) in [5, 5.41) is 12.9. The molecule has 1 unspecified atom stereocenters. The van der Waals surface area contributed by atoms with Crippen molar-refractivity contribution < 1.29 is 9.64 Å². The molecule has 0 saturated carbocycles. The van der Waals surface area contributed by atoms with Crippen molar-refractivity contribution in [3.05, 3.63) is 76.6 Å². The Hall–Kier alpha value is -2.28. The van der Waals surface area contributed by atoms with Gasteiger partial charge in [-0.1, -0.05) is 60.1 Å². The summed E-state index contributed by atoms with van der Waals surface area (Å²) in [6, 6.07) is 18.4. The van der Waals surface area contributed by atoms with Crippen LogP contribution in [0.4, 0.5) is 0 Å². The summed E-state index contributed by atoms with van der Waals surface area (Å²) in [6.07, 6.45) is 0. The molecule has 136 valence electrons. The highest BCUT2D eigenvalue weighted by Crippen LogP contribution is 2.13. The van der Waals surface area contributed by atoms with Crippen LogP contribution in [0.25, 0.3) is 0 Å². The molecule has 0 amide bonds. The van der Waals surface area contributed by atoms with E-state index in [4.69, 9.17) is 16.3 Å². The summed E-state index contributed by atoms with van der Waals surface area (Å²) < 4.78 is 6.95. The molecule has 2 aromatic carbocycles. The second kappa shape index (κ2) is 9.43. The maximum Gasteiger partial charge on any atom is 0.206 e. The fourth-order valence-corrected chi connectivity index (χ4v) is 3.11. The monoisotopic (exact) mass is 372 g/mol. The van der Waals surface area contributed by atoms with Gasteiger partial charge in [-0.3, -0.25) is 0 Å². The Bertz CT molecular complexity index is 808. The summed E-state index contributed by atoms with van der Waals surface area (Å²) in [6.45, 7) is 3.59. The molecule has 26 heavy (non-hydrogen) atoms. The van der Waals surface area contributed by atoms with E-state index < -0.39 is 0 Å². The Labute approximate surface area is 158 Å². The number of quaternary nitrogens is 1. The van der Waals surface area contributed by atoms with Gasteiger partial charge >= 0.3 is 0 Å². The van der Waals surface area contributed by atoms with Gasteiger partial charge in [-0.05, 0) is 16.5 Å². The summed E-state index contributed by atoms with van der Waals surface area (Å²) in [4.78, 5) is 1.32. The number of rotatable bonds is 9. The molecule has 0 aliphatic heterocycles. The smallest absolute Gasteiger partial charge is 0.206 e. The third-order valence-electron chi connectivity index (χ3n) is 4.22. The standard InChI is InChI=1S/C19H22ClN5O/c1-26-12-11-25-19(21-22-23-25)15-24(13-16-7-3-2-4-8-16)14-17-9-5-6-10-18(17)20/h2-10H,11-15H2,1H3/p+1. The van der Waals surface area contributed by atoms with Crippen LogP contribution in [-0.4, -0.2) is 33.9 Å². The van der Waals surface area contributed by atoms with Crippen LogP contribution in [0.5, 0.6) is 0 Å². The number of hydrogen-bond donors (Lipinski definition) is 1. The topological polar surface area (TPSA) is 57.3 Å². The summed E-state index contributed by atoms with van der Waals surface area (Å²) in [5.41, 5.74) is 2.39. The zero-order chi connectivity index (χ0) is 18.2. The second-order valence-electron chi connectivity index (χ2n) is 6.17. The number of methoxy groups -OCH3 is 1. The van der Waals surface area contributed by atoms with Gasteiger partial charge in [-0.25, -0.2) is 4.68 Å². The first-order chi connectivity index (χ1) is 12.8. The molecule has 0 aliphatic carbocycles. The highest BCUT2D eigenvalue weighted by atomic mass is 35.5. The lowest BCUT2D eigenvalue weighted by Gasteiger charge is -2.20. The van der Waals surface area contributed by atoms with Crippen molar-refractivity contribution in [3.63, 3.8) is 0 Å². The molecule has 0 spiro atoms. The van der Waals surface area contributed by atoms with Crippen LogP contribution in [0.1, 0.15) is 17.0 Å². The molecule has 3 rings (SSSR count). The highest BCUT2D eigenvalue weighted by molar-refractivity contribution is 6.31. The van der Waals surface area contributed by atoms with Crippen molar-refractivity contribution in [1.29, 1.82) is 0 Å². The van der Waals surface area contributed by atoms with Gasteiger partial charge < -0.3 is 9.64 Å². The average molecular weight is 373 g/mol. The number of nitrogens with zero attached hydrogens (tertiary/aromatic N) is 4. The number of ether oxygens (including phenoxy) is 1. The van der Waals surface area contributed by atoms with Gasteiger partial charge in [0, 0.05) is 23.3 Å². The predicted molar refractivity (Wildman–Crippen MR) is 99.7 cm³/mol. The third-order valence-corrected chi connectivity index (χ3v) is 4.59. The molecule has 1 heterocycles. The minimum Gasteiger partial charge on any atom is -0.383 e. The third kappa shape index (κ3) is 5.11. The van der Waals surface area contributed by atoms with E-state index in [-0.39, 0.29) is 0 Å². The Morgan fingerprint density at radius 1 is 1.00 bits per heavy atom. The predicted octanol–water partition coefficient (Wildman–Crippen LogP) is 1.76. The first-order valence-electron chi connectivity index (χ1n) is 8.61. The summed E-state index contributed by atoms with van der Waals surface area (Å²) in [5.74, 6) is 0.847. The van der Waals surface area contributed by atoms with E-state index in [0.29, 0.717) is 19.7 Å². The van der Waals surface area contributed by atoms with Crippen molar-refractivity contribution in [2.75, 3.05) is 13.7 Å². The Morgan fingerprint density at radius 2 is 1.77 bits per heavy atom. The van der Waals surface area contributed by atoms with Crippen molar-refractivity contribution >= 4 is 11.6 Å². The SMILES string of the molecule is COCCn1nnnc1C[NH+](Cc1ccccc1)Cc1ccccc1Cl. The molecular formula is C19H23ClN5O+. The highest BCUT2D eigenvalue weighted by Gasteiger charge is 2.18. The zero-order valence-electron chi connectivity index (χ0n) is 14.8. The van der Waals surface area contributed by atoms with Gasteiger partial charge in [0.05, 0.1) is 13.2 Å². The van der Waals surface area contributed by atoms with Crippen molar-refractivity contribution in [1.82, 2.24) is 20.2 Å². The molecule has 1 atom stereocenters. The van der Waals surface area contributed by atoms with Crippen molar-refractivity contribution in [2.24, 2.45) is 0 Å². The van der Waals surface area contributed by atoms with E-state index >= 15 is 0 Å². The molecule has 0 saturated heterocycles. The van der Waals surface area contributed by atoms with Crippen LogP contribution in [0, 0.1) is 0 Å². The molecule has 1 aromatic heterocycles. The van der Waals surface area contributed by atoms with Gasteiger partial charge in [0.1, 0.15) is 19.6 Å². The number of benzene rings is 2. The van der Waals surface area contributed by atoms with E-state index in [1.807, 2.05) is 24.3 Å². The minimum absolute atomic E-state index is 0.580. The Balaban J connectivity index is 1.78. The number of halogens is 1. The largest absolute Gasteiger partial charge is 0.383 e. The maximum atomic E-state index is 6.38. The molecule has 0 aliphatic rings. The summed E-state index contributed by atoms with van der Waals surface area (Å²) >= 11 is 6.38. The lowest BCUT2D eigenvalue weighted by atomic mass is 10.1. The lowest BCUT2D eigenvalue weighted by molar-refractivity contribution is -0.941. The molecule has 1 N–H and O–H groups in total. The fourth-order valence-electron chi connectivity index (χ4n) is 2.91. The molecule has 0 fully saturated rings. The van der Waals surface area contributed by atoms with E-state index in [0.717, 1.165) is 29.5 Å². The van der Waals surface area contributed by atoms with E-state index in [9.17, 15) is 0 Å². The van der Waals surface area contributed by atoms with Gasteiger partial charge in [0.15, 0.2) is 0 Å². The quantitative estimate of drug-likeness (QED) is 0.622. The maximum absolute atomic E-state index is 6.38. The zero-order valence-corrected chi connectivity index (χ0v) is 15.6. The lowest BCUT2D eigenvalue weighted by Crippen LogP contribution is -3.08. The van der Waals surface area contributed by atoms with Crippen LogP contribution in [0.2, 0.25) is 5.02 Å². The van der Waals surface area contributed by atoms with E-state index in [1.165, 1.54) is 10.5 Å². The van der Waals surface area contributed by atoms with E-state index in [1.54, 1.807) is 11.8 Å². The minimum atomic E-state index is 0.580. The van der Waals surface area contributed by atoms with E-state index in [2.05, 4.69) is 45.9 Å². The summed E-state index contributed by atoms with van der Waals surface area (Å²) in [7, 11) is 1.67. The van der Waals surface area contributed by atoms with Gasteiger partial charge in [0.2, 0.25) is 5.82 Å². The second-order valence-corrected chi connectivity index (χ2v) is 6.58. The van der Waals surface area contributed by atoms with Gasteiger partial charge in [-0.2, -0.15) is 0 Å². The molecule has 0 radical (unpaired) electrons. The first-order valence-corrected chi connectivity index (χ1v) is 8.99. The molecule has 0 bridgehead atoms. The Morgan fingerprint density at radius 3 is 2.54 bits per heavy atom. The number of hydrogen-bond acceptors (Lipinski definition) is 4. The number of tetrazole rings is 1. The van der Waals surface area contributed by atoms with Gasteiger partial charge in [0.25, 0.3) is 0 Å². The average Bonchev–Trinajstić information content (AvgIpc) is 3.09. The Kier molecular flexibility index (Phi) is 6.71. The first kappa shape index (κ1) is 18.5. The van der Waals surface area contributed by atoms with Crippen LogP contribution < -0.4 is 4.90 Å². The fraction of sp³-hybridized carbons (Fsp3) is 0.316. The van der Waals surface area contributed by atoms with Crippen LogP contribution >= 0.6 is 11.6 Å². The number of nitrogens with one attached hydrogen (secondary N) is 1.